The Bertz CT molecular complexity index is 447. The number of amides is 2. The van der Waals surface area contributed by atoms with Crippen LogP contribution in [0, 0.1) is 0 Å². The Kier molecular flexibility index (Phi) is 5.66. The van der Waals surface area contributed by atoms with Crippen LogP contribution in [0.3, 0.4) is 0 Å². The lowest BCUT2D eigenvalue weighted by molar-refractivity contribution is -0.137. The highest BCUT2D eigenvalue weighted by Gasteiger charge is 2.03. The fourth-order valence-electron chi connectivity index (χ4n) is 1.48. The first-order valence-electron chi connectivity index (χ1n) is 6.03. The number of nitrogens with zero attached hydrogens (tertiary/aromatic N) is 1. The summed E-state index contributed by atoms with van der Waals surface area (Å²) in [6, 6.07) is 7.12. The molecule has 0 aliphatic rings. The molecular weight excluding hydrogens is 246 g/mol. The number of benzene rings is 1. The first-order valence-corrected chi connectivity index (χ1v) is 6.03. The average molecular weight is 265 g/mol. The van der Waals surface area contributed by atoms with Crippen LogP contribution >= 0.6 is 0 Å². The molecule has 0 atom stereocenters. The van der Waals surface area contributed by atoms with Crippen molar-refractivity contribution >= 4 is 23.4 Å². The van der Waals surface area contributed by atoms with Gasteiger partial charge in [0.15, 0.2) is 0 Å². The van der Waals surface area contributed by atoms with Crippen LogP contribution in [0.5, 0.6) is 0 Å². The van der Waals surface area contributed by atoms with Crippen molar-refractivity contribution in [2.75, 3.05) is 30.9 Å². The summed E-state index contributed by atoms with van der Waals surface area (Å²) in [5.41, 5.74) is 1.69. The third kappa shape index (κ3) is 5.76. The SMILES string of the molecule is CN(C)c1cccc(NC(=O)NCCCC(=O)O)c1. The van der Waals surface area contributed by atoms with E-state index < -0.39 is 5.97 Å². The van der Waals surface area contributed by atoms with E-state index in [-0.39, 0.29) is 12.5 Å². The number of aliphatic carboxylic acids is 1. The lowest BCUT2D eigenvalue weighted by atomic mass is 10.2. The summed E-state index contributed by atoms with van der Waals surface area (Å²) in [4.78, 5) is 23.8. The van der Waals surface area contributed by atoms with Crippen molar-refractivity contribution in [1.29, 1.82) is 0 Å². The van der Waals surface area contributed by atoms with Crippen LogP contribution in [0.1, 0.15) is 12.8 Å². The molecule has 0 saturated carbocycles. The van der Waals surface area contributed by atoms with Crippen molar-refractivity contribution in [2.45, 2.75) is 12.8 Å². The molecule has 3 N–H and O–H groups in total. The number of carbonyl (C=O) groups is 2. The van der Waals surface area contributed by atoms with Crippen LogP contribution in [-0.4, -0.2) is 37.7 Å². The number of rotatable bonds is 6. The van der Waals surface area contributed by atoms with Gasteiger partial charge in [-0.1, -0.05) is 6.07 Å². The molecule has 0 aliphatic heterocycles. The first kappa shape index (κ1) is 14.8. The summed E-state index contributed by atoms with van der Waals surface area (Å²) in [7, 11) is 3.84. The van der Waals surface area contributed by atoms with Gasteiger partial charge in [0.05, 0.1) is 0 Å². The number of carboxylic acid groups (broad SMARTS) is 1. The van der Waals surface area contributed by atoms with Crippen LogP contribution in [0.4, 0.5) is 16.2 Å². The normalized spacial score (nSPS) is 9.79. The topological polar surface area (TPSA) is 81.7 Å². The van der Waals surface area contributed by atoms with Crippen molar-refractivity contribution in [2.24, 2.45) is 0 Å². The second-order valence-corrected chi connectivity index (χ2v) is 4.32. The summed E-state index contributed by atoms with van der Waals surface area (Å²) < 4.78 is 0. The largest absolute Gasteiger partial charge is 0.481 e. The molecule has 0 fully saturated rings. The van der Waals surface area contributed by atoms with Crippen LogP contribution in [0.15, 0.2) is 24.3 Å². The second-order valence-electron chi connectivity index (χ2n) is 4.32. The number of carbonyl (C=O) groups excluding carboxylic acids is 1. The molecule has 6 nitrogen and oxygen atoms in total. The van der Waals surface area contributed by atoms with E-state index in [4.69, 9.17) is 5.11 Å². The Morgan fingerprint density at radius 2 is 2.05 bits per heavy atom. The Morgan fingerprint density at radius 3 is 2.68 bits per heavy atom. The predicted octanol–water partition coefficient (Wildman–Crippen LogP) is 1.74. The quantitative estimate of drug-likeness (QED) is 0.684. The van der Waals surface area contributed by atoms with Gasteiger partial charge in [0.25, 0.3) is 0 Å². The van der Waals surface area contributed by atoms with E-state index in [1.807, 2.05) is 37.2 Å². The minimum absolute atomic E-state index is 0.0520. The number of urea groups is 1. The summed E-state index contributed by atoms with van der Waals surface area (Å²) >= 11 is 0. The number of anilines is 2. The lowest BCUT2D eigenvalue weighted by Crippen LogP contribution is -2.29. The van der Waals surface area contributed by atoms with Gasteiger partial charge in [0.1, 0.15) is 0 Å². The fraction of sp³-hybridized carbons (Fsp3) is 0.385. The molecule has 0 bridgehead atoms. The van der Waals surface area contributed by atoms with Gasteiger partial charge in [-0.05, 0) is 24.6 Å². The third-order valence-electron chi connectivity index (χ3n) is 2.47. The standard InChI is InChI=1S/C13H19N3O3/c1-16(2)11-6-3-5-10(9-11)15-13(19)14-8-4-7-12(17)18/h3,5-6,9H,4,7-8H2,1-2H3,(H,17,18)(H2,14,15,19). The van der Waals surface area contributed by atoms with E-state index >= 15 is 0 Å². The highest BCUT2D eigenvalue weighted by atomic mass is 16.4. The molecular formula is C13H19N3O3. The molecule has 19 heavy (non-hydrogen) atoms. The number of carboxylic acids is 1. The second kappa shape index (κ2) is 7.25. The Morgan fingerprint density at radius 1 is 1.32 bits per heavy atom. The maximum atomic E-state index is 11.6. The molecule has 0 unspecified atom stereocenters. The molecule has 0 spiro atoms. The Labute approximate surface area is 112 Å². The maximum absolute atomic E-state index is 11.6. The zero-order valence-corrected chi connectivity index (χ0v) is 11.1. The highest BCUT2D eigenvalue weighted by Crippen LogP contribution is 2.16. The van der Waals surface area contributed by atoms with Gasteiger partial charge in [-0.25, -0.2) is 4.79 Å². The van der Waals surface area contributed by atoms with E-state index in [2.05, 4.69) is 10.6 Å². The first-order chi connectivity index (χ1) is 8.99. The van der Waals surface area contributed by atoms with E-state index in [1.165, 1.54) is 0 Å². The average Bonchev–Trinajstić information content (AvgIpc) is 2.34. The highest BCUT2D eigenvalue weighted by molar-refractivity contribution is 5.89. The zero-order chi connectivity index (χ0) is 14.3. The van der Waals surface area contributed by atoms with E-state index in [9.17, 15) is 9.59 Å². The van der Waals surface area contributed by atoms with Crippen LogP contribution in [0.25, 0.3) is 0 Å². The van der Waals surface area contributed by atoms with Crippen LogP contribution < -0.4 is 15.5 Å². The van der Waals surface area contributed by atoms with Crippen molar-refractivity contribution in [3.8, 4) is 0 Å². The summed E-state index contributed by atoms with van der Waals surface area (Å²) in [6.07, 6.45) is 0.469. The molecule has 0 aromatic heterocycles. The Balaban J connectivity index is 2.39. The molecule has 6 heteroatoms. The minimum atomic E-state index is -0.860. The minimum Gasteiger partial charge on any atom is -0.481 e. The van der Waals surface area contributed by atoms with Crippen molar-refractivity contribution in [1.82, 2.24) is 5.32 Å². The zero-order valence-electron chi connectivity index (χ0n) is 11.1. The number of hydrogen-bond donors (Lipinski definition) is 3. The molecule has 0 radical (unpaired) electrons. The van der Waals surface area contributed by atoms with Gasteiger partial charge in [-0.2, -0.15) is 0 Å². The van der Waals surface area contributed by atoms with Crippen molar-refractivity contribution in [3.63, 3.8) is 0 Å². The van der Waals surface area contributed by atoms with Gasteiger partial charge in [-0.3, -0.25) is 4.79 Å². The van der Waals surface area contributed by atoms with Crippen LogP contribution in [0.2, 0.25) is 0 Å². The number of nitrogens with one attached hydrogen (secondary N) is 2. The monoisotopic (exact) mass is 265 g/mol. The molecule has 0 saturated heterocycles. The summed E-state index contributed by atoms with van der Waals surface area (Å²) in [5.74, 6) is -0.860. The van der Waals surface area contributed by atoms with Crippen LogP contribution in [-0.2, 0) is 4.79 Å². The predicted molar refractivity (Wildman–Crippen MR) is 74.7 cm³/mol. The van der Waals surface area contributed by atoms with Crippen molar-refractivity contribution < 1.29 is 14.7 Å². The maximum Gasteiger partial charge on any atom is 0.319 e. The van der Waals surface area contributed by atoms with Gasteiger partial charge in [0.2, 0.25) is 0 Å². The van der Waals surface area contributed by atoms with Gasteiger partial charge in [-0.15, -0.1) is 0 Å². The van der Waals surface area contributed by atoms with Crippen molar-refractivity contribution in [3.05, 3.63) is 24.3 Å². The molecule has 0 heterocycles. The molecule has 104 valence electrons. The summed E-state index contributed by atoms with van der Waals surface area (Å²) in [5, 5.41) is 13.8. The Hall–Kier alpha value is -2.24. The lowest BCUT2D eigenvalue weighted by Gasteiger charge is -2.14. The summed E-state index contributed by atoms with van der Waals surface area (Å²) in [6.45, 7) is 0.339. The molecule has 1 rings (SSSR count). The third-order valence-corrected chi connectivity index (χ3v) is 2.47. The number of hydrogen-bond acceptors (Lipinski definition) is 3. The van der Waals surface area contributed by atoms with E-state index in [0.29, 0.717) is 18.7 Å². The van der Waals surface area contributed by atoms with Gasteiger partial charge in [0, 0.05) is 38.4 Å². The molecule has 0 aliphatic carbocycles. The van der Waals surface area contributed by atoms with Gasteiger partial charge >= 0.3 is 12.0 Å². The fourth-order valence-corrected chi connectivity index (χ4v) is 1.48. The van der Waals surface area contributed by atoms with Gasteiger partial charge < -0.3 is 20.6 Å². The van der Waals surface area contributed by atoms with E-state index in [1.54, 1.807) is 6.07 Å². The molecule has 1 aromatic carbocycles. The smallest absolute Gasteiger partial charge is 0.319 e. The van der Waals surface area contributed by atoms with E-state index in [0.717, 1.165) is 5.69 Å². The molecule has 1 aromatic rings. The molecule has 2 amide bonds.